The van der Waals surface area contributed by atoms with Crippen LogP contribution in [0.2, 0.25) is 0 Å². The molecule has 1 nitrogen and oxygen atoms in total. The summed E-state index contributed by atoms with van der Waals surface area (Å²) in [6.07, 6.45) is 1.59. The van der Waals surface area contributed by atoms with Gasteiger partial charge in [0.25, 0.3) is 0 Å². The SMILES string of the molecule is Cc1ccc(C2CCC(=O)c3ccc(C)cc32)cc1. The maximum Gasteiger partial charge on any atom is 0.163 e. The molecule has 0 aromatic heterocycles. The average molecular weight is 250 g/mol. The molecule has 1 unspecified atom stereocenters. The molecule has 0 N–H and O–H groups in total. The van der Waals surface area contributed by atoms with Crippen molar-refractivity contribution in [3.05, 3.63) is 70.3 Å². The zero-order valence-corrected chi connectivity index (χ0v) is 11.4. The third-order valence-electron chi connectivity index (χ3n) is 4.02. The minimum absolute atomic E-state index is 0.290. The largest absolute Gasteiger partial charge is 0.294 e. The lowest BCUT2D eigenvalue weighted by Gasteiger charge is -2.25. The lowest BCUT2D eigenvalue weighted by molar-refractivity contribution is 0.0969. The van der Waals surface area contributed by atoms with Gasteiger partial charge in [-0.3, -0.25) is 4.79 Å². The molecule has 1 aliphatic carbocycles. The van der Waals surface area contributed by atoms with Crippen LogP contribution >= 0.6 is 0 Å². The first-order valence-electron chi connectivity index (χ1n) is 6.85. The van der Waals surface area contributed by atoms with E-state index in [1.165, 1.54) is 22.3 Å². The minimum Gasteiger partial charge on any atom is -0.294 e. The van der Waals surface area contributed by atoms with Crippen LogP contribution in [0.15, 0.2) is 42.5 Å². The summed E-state index contributed by atoms with van der Waals surface area (Å²) in [4.78, 5) is 12.0. The minimum atomic E-state index is 0.290. The van der Waals surface area contributed by atoms with Crippen LogP contribution in [-0.4, -0.2) is 5.78 Å². The van der Waals surface area contributed by atoms with E-state index in [9.17, 15) is 4.79 Å². The third-order valence-corrected chi connectivity index (χ3v) is 4.02. The van der Waals surface area contributed by atoms with Crippen LogP contribution in [0.4, 0.5) is 0 Å². The second-order valence-corrected chi connectivity index (χ2v) is 5.52. The predicted octanol–water partition coefficient (Wildman–Crippen LogP) is 4.41. The van der Waals surface area contributed by atoms with Gasteiger partial charge in [0.2, 0.25) is 0 Å². The predicted molar refractivity (Wildman–Crippen MR) is 77.8 cm³/mol. The lowest BCUT2D eigenvalue weighted by Crippen LogP contribution is -2.16. The van der Waals surface area contributed by atoms with Gasteiger partial charge in [-0.2, -0.15) is 0 Å². The Kier molecular flexibility index (Phi) is 2.98. The third kappa shape index (κ3) is 2.21. The molecule has 0 fully saturated rings. The number of fused-ring (bicyclic) bond motifs is 1. The van der Waals surface area contributed by atoms with Crippen molar-refractivity contribution in [2.75, 3.05) is 0 Å². The van der Waals surface area contributed by atoms with E-state index in [0.29, 0.717) is 18.1 Å². The second-order valence-electron chi connectivity index (χ2n) is 5.52. The first-order valence-corrected chi connectivity index (χ1v) is 6.85. The van der Waals surface area contributed by atoms with Crippen LogP contribution < -0.4 is 0 Å². The molecule has 19 heavy (non-hydrogen) atoms. The number of carbonyl (C=O) groups excluding carboxylic acids is 1. The number of ketones is 1. The standard InChI is InChI=1S/C18H18O/c1-12-3-6-14(7-4-12)15-9-10-18(19)16-8-5-13(2)11-17(15)16/h3-8,11,15H,9-10H2,1-2H3. The fourth-order valence-corrected chi connectivity index (χ4v) is 2.93. The Labute approximate surface area is 114 Å². The molecule has 96 valence electrons. The van der Waals surface area contributed by atoms with E-state index in [0.717, 1.165) is 12.0 Å². The van der Waals surface area contributed by atoms with Gasteiger partial charge in [-0.15, -0.1) is 0 Å². The van der Waals surface area contributed by atoms with Crippen LogP contribution in [0.25, 0.3) is 0 Å². The smallest absolute Gasteiger partial charge is 0.163 e. The van der Waals surface area contributed by atoms with E-state index in [2.05, 4.69) is 44.2 Å². The van der Waals surface area contributed by atoms with Crippen molar-refractivity contribution in [2.24, 2.45) is 0 Å². The molecule has 2 aromatic rings. The van der Waals surface area contributed by atoms with Crippen molar-refractivity contribution in [1.82, 2.24) is 0 Å². The second kappa shape index (κ2) is 4.65. The van der Waals surface area contributed by atoms with Crippen LogP contribution in [0.1, 0.15) is 51.4 Å². The van der Waals surface area contributed by atoms with Gasteiger partial charge in [-0.05, 0) is 31.4 Å². The van der Waals surface area contributed by atoms with Gasteiger partial charge in [0.05, 0.1) is 0 Å². The molecule has 1 aliphatic rings. The monoisotopic (exact) mass is 250 g/mol. The Morgan fingerprint density at radius 3 is 2.37 bits per heavy atom. The van der Waals surface area contributed by atoms with Crippen molar-refractivity contribution < 1.29 is 4.79 Å². The highest BCUT2D eigenvalue weighted by molar-refractivity contribution is 5.99. The molecule has 0 saturated heterocycles. The highest BCUT2D eigenvalue weighted by Crippen LogP contribution is 2.37. The number of Topliss-reactive ketones (excluding diaryl/α,β-unsaturated/α-hetero) is 1. The van der Waals surface area contributed by atoms with Gasteiger partial charge in [0.1, 0.15) is 0 Å². The molecule has 0 saturated carbocycles. The van der Waals surface area contributed by atoms with Crippen LogP contribution in [-0.2, 0) is 0 Å². The van der Waals surface area contributed by atoms with Crippen LogP contribution in [0.5, 0.6) is 0 Å². The van der Waals surface area contributed by atoms with Crippen molar-refractivity contribution >= 4 is 5.78 Å². The van der Waals surface area contributed by atoms with Crippen molar-refractivity contribution in [3.8, 4) is 0 Å². The number of hydrogen-bond acceptors (Lipinski definition) is 1. The number of carbonyl (C=O) groups is 1. The van der Waals surface area contributed by atoms with Gasteiger partial charge in [0.15, 0.2) is 5.78 Å². The summed E-state index contributed by atoms with van der Waals surface area (Å²) in [5, 5.41) is 0. The first kappa shape index (κ1) is 12.2. The summed E-state index contributed by atoms with van der Waals surface area (Å²) in [5.41, 5.74) is 5.96. The molecule has 0 bridgehead atoms. The van der Waals surface area contributed by atoms with Gasteiger partial charge in [0, 0.05) is 17.9 Å². The van der Waals surface area contributed by atoms with E-state index in [4.69, 9.17) is 0 Å². The highest BCUT2D eigenvalue weighted by Gasteiger charge is 2.26. The van der Waals surface area contributed by atoms with Crippen molar-refractivity contribution in [2.45, 2.75) is 32.6 Å². The number of benzene rings is 2. The van der Waals surface area contributed by atoms with Crippen LogP contribution in [0.3, 0.4) is 0 Å². The topological polar surface area (TPSA) is 17.1 Å². The quantitative estimate of drug-likeness (QED) is 0.732. The van der Waals surface area contributed by atoms with Crippen molar-refractivity contribution in [3.63, 3.8) is 0 Å². The lowest BCUT2D eigenvalue weighted by atomic mass is 9.78. The summed E-state index contributed by atoms with van der Waals surface area (Å²) >= 11 is 0. The number of aryl methyl sites for hydroxylation is 2. The molecular formula is C18H18O. The first-order chi connectivity index (χ1) is 9.15. The molecule has 3 rings (SSSR count). The van der Waals surface area contributed by atoms with E-state index in [-0.39, 0.29) is 0 Å². The molecule has 0 radical (unpaired) electrons. The maximum absolute atomic E-state index is 12.0. The summed E-state index contributed by atoms with van der Waals surface area (Å²) in [6.45, 7) is 4.19. The molecular weight excluding hydrogens is 232 g/mol. The summed E-state index contributed by atoms with van der Waals surface area (Å²) < 4.78 is 0. The number of rotatable bonds is 1. The summed E-state index contributed by atoms with van der Waals surface area (Å²) in [6, 6.07) is 14.9. The zero-order chi connectivity index (χ0) is 13.4. The number of hydrogen-bond donors (Lipinski definition) is 0. The molecule has 0 spiro atoms. The fourth-order valence-electron chi connectivity index (χ4n) is 2.93. The maximum atomic E-state index is 12.0. The van der Waals surface area contributed by atoms with Gasteiger partial charge in [-0.1, -0.05) is 53.6 Å². The molecule has 1 atom stereocenters. The fraction of sp³-hybridized carbons (Fsp3) is 0.278. The van der Waals surface area contributed by atoms with E-state index in [1.54, 1.807) is 0 Å². The molecule has 0 heterocycles. The normalized spacial score (nSPS) is 18.2. The molecule has 1 heteroatoms. The molecule has 2 aromatic carbocycles. The van der Waals surface area contributed by atoms with E-state index >= 15 is 0 Å². The Morgan fingerprint density at radius 1 is 0.947 bits per heavy atom. The highest BCUT2D eigenvalue weighted by atomic mass is 16.1. The van der Waals surface area contributed by atoms with E-state index < -0.39 is 0 Å². The van der Waals surface area contributed by atoms with Gasteiger partial charge in [-0.25, -0.2) is 0 Å². The van der Waals surface area contributed by atoms with Gasteiger partial charge < -0.3 is 0 Å². The van der Waals surface area contributed by atoms with Crippen molar-refractivity contribution in [1.29, 1.82) is 0 Å². The summed E-state index contributed by atoms with van der Waals surface area (Å²) in [7, 11) is 0. The Balaban J connectivity index is 2.10. The van der Waals surface area contributed by atoms with Gasteiger partial charge >= 0.3 is 0 Å². The Morgan fingerprint density at radius 2 is 1.63 bits per heavy atom. The zero-order valence-electron chi connectivity index (χ0n) is 11.4. The Bertz CT molecular complexity index is 623. The Hall–Kier alpha value is -1.89. The van der Waals surface area contributed by atoms with Crippen LogP contribution in [0, 0.1) is 13.8 Å². The summed E-state index contributed by atoms with van der Waals surface area (Å²) in [5.74, 6) is 0.659. The average Bonchev–Trinajstić information content (AvgIpc) is 2.40. The molecule has 0 amide bonds. The van der Waals surface area contributed by atoms with E-state index in [1.807, 2.05) is 12.1 Å². The molecule has 0 aliphatic heterocycles.